The Labute approximate surface area is 136 Å². The largest absolute Gasteiger partial charge is 0.497 e. The Hall–Kier alpha value is -1.94. The molecule has 0 aromatic heterocycles. The second-order valence-electron chi connectivity index (χ2n) is 5.04. The third-order valence-corrected chi connectivity index (χ3v) is 4.34. The van der Waals surface area contributed by atoms with Crippen LogP contribution in [0.4, 0.5) is 0 Å². The van der Waals surface area contributed by atoms with Crippen molar-refractivity contribution in [1.29, 1.82) is 0 Å². The number of hydrogen-bond donors (Lipinski definition) is 1. The fourth-order valence-electron chi connectivity index (χ4n) is 2.09. The summed E-state index contributed by atoms with van der Waals surface area (Å²) in [4.78, 5) is 12.0. The van der Waals surface area contributed by atoms with Crippen LogP contribution in [0.15, 0.2) is 54.6 Å². The number of hydrogen-bond acceptors (Lipinski definition) is 3. The van der Waals surface area contributed by atoms with Crippen LogP contribution in [0.1, 0.15) is 24.1 Å². The molecule has 2 aromatic carbocycles. The quantitative estimate of drug-likeness (QED) is 0.844. The van der Waals surface area contributed by atoms with Crippen LogP contribution in [-0.4, -0.2) is 18.8 Å². The van der Waals surface area contributed by atoms with Gasteiger partial charge < -0.3 is 10.1 Å². The van der Waals surface area contributed by atoms with Crippen molar-refractivity contribution in [2.45, 2.75) is 18.7 Å². The van der Waals surface area contributed by atoms with Crippen LogP contribution < -0.4 is 10.1 Å². The summed E-state index contributed by atoms with van der Waals surface area (Å²) in [5.41, 5.74) is 2.31. The van der Waals surface area contributed by atoms with E-state index in [1.807, 2.05) is 49.4 Å². The van der Waals surface area contributed by atoms with Gasteiger partial charge in [-0.15, -0.1) is 11.8 Å². The number of methoxy groups -OCH3 is 1. The van der Waals surface area contributed by atoms with E-state index in [2.05, 4.69) is 17.4 Å². The molecule has 0 radical (unpaired) electrons. The first-order valence-corrected chi connectivity index (χ1v) is 8.39. The van der Waals surface area contributed by atoms with Crippen LogP contribution in [0.25, 0.3) is 0 Å². The summed E-state index contributed by atoms with van der Waals surface area (Å²) in [6.45, 7) is 1.99. The first-order chi connectivity index (χ1) is 10.7. The van der Waals surface area contributed by atoms with Crippen LogP contribution in [0.2, 0.25) is 0 Å². The van der Waals surface area contributed by atoms with Crippen molar-refractivity contribution in [3.63, 3.8) is 0 Å². The number of amides is 1. The second-order valence-corrected chi connectivity index (χ2v) is 6.03. The van der Waals surface area contributed by atoms with E-state index >= 15 is 0 Å². The van der Waals surface area contributed by atoms with E-state index in [0.29, 0.717) is 5.75 Å². The van der Waals surface area contributed by atoms with E-state index in [4.69, 9.17) is 4.74 Å². The van der Waals surface area contributed by atoms with Gasteiger partial charge >= 0.3 is 0 Å². The Kier molecular flexibility index (Phi) is 6.34. The third-order valence-electron chi connectivity index (χ3n) is 3.34. The van der Waals surface area contributed by atoms with Gasteiger partial charge in [-0.25, -0.2) is 0 Å². The zero-order chi connectivity index (χ0) is 15.8. The number of nitrogens with one attached hydrogen (secondary N) is 1. The Morgan fingerprint density at radius 2 is 1.82 bits per heavy atom. The molecule has 0 spiro atoms. The van der Waals surface area contributed by atoms with Gasteiger partial charge in [0.15, 0.2) is 0 Å². The van der Waals surface area contributed by atoms with Crippen molar-refractivity contribution >= 4 is 17.7 Å². The molecule has 2 aromatic rings. The van der Waals surface area contributed by atoms with Gasteiger partial charge in [0, 0.05) is 5.75 Å². The Morgan fingerprint density at radius 3 is 2.45 bits per heavy atom. The van der Waals surface area contributed by atoms with Crippen molar-refractivity contribution in [1.82, 2.24) is 5.32 Å². The number of carbonyl (C=O) groups excluding carboxylic acids is 1. The molecular weight excluding hydrogens is 294 g/mol. The van der Waals surface area contributed by atoms with Gasteiger partial charge in [-0.05, 0) is 30.2 Å². The zero-order valence-corrected chi connectivity index (χ0v) is 13.7. The fourth-order valence-corrected chi connectivity index (χ4v) is 2.89. The smallest absolute Gasteiger partial charge is 0.230 e. The van der Waals surface area contributed by atoms with Crippen LogP contribution in [0.3, 0.4) is 0 Å². The molecule has 22 heavy (non-hydrogen) atoms. The number of rotatable bonds is 7. The molecule has 0 saturated heterocycles. The molecule has 1 amide bonds. The highest BCUT2D eigenvalue weighted by atomic mass is 32.2. The van der Waals surface area contributed by atoms with Gasteiger partial charge in [0.2, 0.25) is 5.91 Å². The third kappa shape index (κ3) is 5.11. The van der Waals surface area contributed by atoms with E-state index in [1.165, 1.54) is 5.56 Å². The van der Waals surface area contributed by atoms with Gasteiger partial charge in [-0.3, -0.25) is 4.79 Å². The van der Waals surface area contributed by atoms with Crippen molar-refractivity contribution < 1.29 is 9.53 Å². The molecule has 0 bridgehead atoms. The van der Waals surface area contributed by atoms with Gasteiger partial charge in [0.1, 0.15) is 5.75 Å². The predicted octanol–water partition coefficient (Wildman–Crippen LogP) is 3.81. The standard InChI is InChI=1S/C18H21NO2S/c1-14(16-8-10-17(21-2)11-9-16)19-18(20)13-22-12-15-6-4-3-5-7-15/h3-11,14H,12-13H2,1-2H3,(H,19,20). The average Bonchev–Trinajstić information content (AvgIpc) is 2.56. The van der Waals surface area contributed by atoms with Crippen molar-refractivity contribution in [2.24, 2.45) is 0 Å². The maximum atomic E-state index is 12.0. The summed E-state index contributed by atoms with van der Waals surface area (Å²) in [6.07, 6.45) is 0. The summed E-state index contributed by atoms with van der Waals surface area (Å²) in [7, 11) is 1.64. The molecule has 1 atom stereocenters. The molecule has 1 unspecified atom stereocenters. The molecule has 116 valence electrons. The maximum Gasteiger partial charge on any atom is 0.230 e. The highest BCUT2D eigenvalue weighted by Gasteiger charge is 2.09. The molecule has 2 rings (SSSR count). The van der Waals surface area contributed by atoms with Crippen LogP contribution >= 0.6 is 11.8 Å². The maximum absolute atomic E-state index is 12.0. The van der Waals surface area contributed by atoms with Crippen molar-refractivity contribution in [3.05, 3.63) is 65.7 Å². The van der Waals surface area contributed by atoms with Crippen LogP contribution in [0, 0.1) is 0 Å². The van der Waals surface area contributed by atoms with Gasteiger partial charge in [0.25, 0.3) is 0 Å². The van der Waals surface area contributed by atoms with Gasteiger partial charge in [-0.2, -0.15) is 0 Å². The minimum atomic E-state index is -0.00395. The Morgan fingerprint density at radius 1 is 1.14 bits per heavy atom. The normalized spacial score (nSPS) is 11.7. The summed E-state index contributed by atoms with van der Waals surface area (Å²) >= 11 is 1.63. The summed E-state index contributed by atoms with van der Waals surface area (Å²) in [5.74, 6) is 2.20. The molecule has 0 fully saturated rings. The van der Waals surface area contributed by atoms with Crippen molar-refractivity contribution in [3.8, 4) is 5.75 Å². The second kappa shape index (κ2) is 8.49. The minimum Gasteiger partial charge on any atom is -0.497 e. The number of carbonyl (C=O) groups is 1. The number of benzene rings is 2. The minimum absolute atomic E-state index is 0.00395. The summed E-state index contributed by atoms with van der Waals surface area (Å²) in [6, 6.07) is 17.9. The van der Waals surface area contributed by atoms with E-state index < -0.39 is 0 Å². The first kappa shape index (κ1) is 16.4. The molecular formula is C18H21NO2S. The first-order valence-electron chi connectivity index (χ1n) is 7.24. The van der Waals surface area contributed by atoms with E-state index in [9.17, 15) is 4.79 Å². The Balaban J connectivity index is 1.76. The number of ether oxygens (including phenoxy) is 1. The molecule has 0 heterocycles. The molecule has 0 saturated carbocycles. The average molecular weight is 315 g/mol. The predicted molar refractivity (Wildman–Crippen MR) is 92.2 cm³/mol. The molecule has 4 heteroatoms. The van der Waals surface area contributed by atoms with Gasteiger partial charge in [-0.1, -0.05) is 42.5 Å². The molecule has 3 nitrogen and oxygen atoms in total. The molecule has 0 aliphatic heterocycles. The van der Waals surface area contributed by atoms with E-state index in [-0.39, 0.29) is 11.9 Å². The molecule has 0 aliphatic rings. The molecule has 0 aliphatic carbocycles. The van der Waals surface area contributed by atoms with E-state index in [0.717, 1.165) is 17.1 Å². The fraction of sp³-hybridized carbons (Fsp3) is 0.278. The van der Waals surface area contributed by atoms with Crippen LogP contribution in [-0.2, 0) is 10.5 Å². The van der Waals surface area contributed by atoms with E-state index in [1.54, 1.807) is 18.9 Å². The van der Waals surface area contributed by atoms with Crippen LogP contribution in [0.5, 0.6) is 5.75 Å². The number of thioether (sulfide) groups is 1. The lowest BCUT2D eigenvalue weighted by Gasteiger charge is -2.14. The monoisotopic (exact) mass is 315 g/mol. The zero-order valence-electron chi connectivity index (χ0n) is 12.9. The highest BCUT2D eigenvalue weighted by molar-refractivity contribution is 7.99. The summed E-state index contributed by atoms with van der Waals surface area (Å²) in [5, 5.41) is 3.02. The lowest BCUT2D eigenvalue weighted by molar-refractivity contribution is -0.119. The summed E-state index contributed by atoms with van der Waals surface area (Å²) < 4.78 is 5.13. The van der Waals surface area contributed by atoms with Gasteiger partial charge in [0.05, 0.1) is 18.9 Å². The molecule has 1 N–H and O–H groups in total. The Bertz CT molecular complexity index is 584. The topological polar surface area (TPSA) is 38.3 Å². The lowest BCUT2D eigenvalue weighted by Crippen LogP contribution is -2.28. The lowest BCUT2D eigenvalue weighted by atomic mass is 10.1. The van der Waals surface area contributed by atoms with Crippen molar-refractivity contribution in [2.75, 3.05) is 12.9 Å². The highest BCUT2D eigenvalue weighted by Crippen LogP contribution is 2.18. The SMILES string of the molecule is COc1ccc(C(C)NC(=O)CSCc2ccccc2)cc1.